The molecule has 0 aliphatic heterocycles. The second-order valence-electron chi connectivity index (χ2n) is 7.30. The van der Waals surface area contributed by atoms with Crippen molar-refractivity contribution in [2.75, 3.05) is 20.6 Å². The van der Waals surface area contributed by atoms with Crippen LogP contribution in [0.1, 0.15) is 49.7 Å². The van der Waals surface area contributed by atoms with Gasteiger partial charge in [-0.1, -0.05) is 36.0 Å². The van der Waals surface area contributed by atoms with Crippen LogP contribution in [-0.2, 0) is 11.8 Å². The molecule has 1 saturated carbocycles. The molecule has 2 aliphatic carbocycles. The molecule has 0 aromatic heterocycles. The monoisotopic (exact) mass is 341 g/mol. The molecule has 2 aliphatic rings. The van der Waals surface area contributed by atoms with Gasteiger partial charge in [0, 0.05) is 5.41 Å². The van der Waals surface area contributed by atoms with Gasteiger partial charge in [0.2, 0.25) is 0 Å². The number of halogens is 2. The van der Waals surface area contributed by atoms with Crippen LogP contribution in [0.2, 0.25) is 10.0 Å². The lowest BCUT2D eigenvalue weighted by atomic mass is 9.53. The van der Waals surface area contributed by atoms with Crippen molar-refractivity contribution < 1.29 is 5.11 Å². The minimum absolute atomic E-state index is 0.169. The molecule has 1 aromatic rings. The van der Waals surface area contributed by atoms with Crippen LogP contribution in [-0.4, -0.2) is 36.2 Å². The first kappa shape index (κ1) is 16.6. The lowest BCUT2D eigenvalue weighted by molar-refractivity contribution is -0.0887. The lowest BCUT2D eigenvalue weighted by Gasteiger charge is -2.55. The van der Waals surface area contributed by atoms with E-state index < -0.39 is 5.60 Å². The topological polar surface area (TPSA) is 23.5 Å². The fourth-order valence-electron chi connectivity index (χ4n) is 4.55. The van der Waals surface area contributed by atoms with Crippen LogP contribution in [0.15, 0.2) is 12.1 Å². The van der Waals surface area contributed by atoms with E-state index in [-0.39, 0.29) is 5.41 Å². The smallest absolute Gasteiger partial charge is 0.0747 e. The van der Waals surface area contributed by atoms with Gasteiger partial charge >= 0.3 is 0 Å². The zero-order valence-corrected chi connectivity index (χ0v) is 15.0. The highest BCUT2D eigenvalue weighted by molar-refractivity contribution is 6.42. The number of aliphatic hydroxyl groups is 1. The summed E-state index contributed by atoms with van der Waals surface area (Å²) in [5.41, 5.74) is 1.76. The van der Waals surface area contributed by atoms with Gasteiger partial charge in [0.1, 0.15) is 0 Å². The Labute approximate surface area is 143 Å². The summed E-state index contributed by atoms with van der Waals surface area (Å²) in [7, 11) is 4.19. The SMILES string of the molecule is CN(C)CC[C@@]12CCCC[C@]1(O)CCc1cc(Cl)c(Cl)cc12. The van der Waals surface area contributed by atoms with Gasteiger partial charge in [-0.25, -0.2) is 0 Å². The van der Waals surface area contributed by atoms with E-state index in [1.807, 2.05) is 12.1 Å². The quantitative estimate of drug-likeness (QED) is 0.878. The first-order valence-electron chi connectivity index (χ1n) is 8.23. The van der Waals surface area contributed by atoms with Crippen LogP contribution in [0.25, 0.3) is 0 Å². The van der Waals surface area contributed by atoms with Crippen molar-refractivity contribution in [2.24, 2.45) is 0 Å². The van der Waals surface area contributed by atoms with Crippen molar-refractivity contribution in [2.45, 2.75) is 56.0 Å². The average Bonchev–Trinajstić information content (AvgIpc) is 2.47. The largest absolute Gasteiger partial charge is 0.389 e. The highest BCUT2D eigenvalue weighted by Crippen LogP contribution is 2.55. The molecule has 122 valence electrons. The van der Waals surface area contributed by atoms with E-state index in [0.717, 1.165) is 45.1 Å². The summed E-state index contributed by atoms with van der Waals surface area (Å²) in [6.07, 6.45) is 6.95. The summed E-state index contributed by atoms with van der Waals surface area (Å²) in [6, 6.07) is 4.05. The highest BCUT2D eigenvalue weighted by atomic mass is 35.5. The Bertz CT molecular complexity index is 574. The molecule has 1 aromatic carbocycles. The van der Waals surface area contributed by atoms with Crippen LogP contribution in [0.4, 0.5) is 0 Å². The van der Waals surface area contributed by atoms with E-state index in [9.17, 15) is 5.11 Å². The van der Waals surface area contributed by atoms with Gasteiger partial charge in [0.15, 0.2) is 0 Å². The Balaban J connectivity index is 2.12. The predicted molar refractivity (Wildman–Crippen MR) is 93.0 cm³/mol. The molecule has 4 heteroatoms. The van der Waals surface area contributed by atoms with Gasteiger partial charge in [-0.3, -0.25) is 0 Å². The summed E-state index contributed by atoms with van der Waals surface area (Å²) < 4.78 is 0. The molecule has 22 heavy (non-hydrogen) atoms. The molecule has 3 rings (SSSR count). The standard InChI is InChI=1S/C18H25Cl2NO/c1-21(2)10-9-17-6-3-4-7-18(17,22)8-5-13-11-15(19)16(20)12-14(13)17/h11-12,22H,3-10H2,1-2H3/t17-,18+/m1/s1. The van der Waals surface area contributed by atoms with Crippen molar-refractivity contribution in [3.05, 3.63) is 33.3 Å². The van der Waals surface area contributed by atoms with Crippen LogP contribution >= 0.6 is 23.2 Å². The van der Waals surface area contributed by atoms with E-state index in [4.69, 9.17) is 23.2 Å². The minimum atomic E-state index is -0.592. The van der Waals surface area contributed by atoms with Crippen molar-refractivity contribution in [1.29, 1.82) is 0 Å². The van der Waals surface area contributed by atoms with Crippen LogP contribution < -0.4 is 0 Å². The molecular weight excluding hydrogens is 317 g/mol. The normalized spacial score (nSPS) is 31.0. The van der Waals surface area contributed by atoms with Crippen LogP contribution in [0, 0.1) is 0 Å². The predicted octanol–water partition coefficient (Wildman–Crippen LogP) is 4.43. The molecule has 2 nitrogen and oxygen atoms in total. The molecule has 0 bridgehead atoms. The number of aryl methyl sites for hydroxylation is 1. The Hall–Kier alpha value is -0.280. The average molecular weight is 342 g/mol. The van der Waals surface area contributed by atoms with E-state index in [1.54, 1.807) is 0 Å². The summed E-state index contributed by atoms with van der Waals surface area (Å²) in [5.74, 6) is 0. The van der Waals surface area contributed by atoms with Gasteiger partial charge in [-0.05, 0) is 76.0 Å². The van der Waals surface area contributed by atoms with Crippen molar-refractivity contribution >= 4 is 23.2 Å². The van der Waals surface area contributed by atoms with E-state index in [0.29, 0.717) is 10.0 Å². The van der Waals surface area contributed by atoms with E-state index >= 15 is 0 Å². The number of fused-ring (bicyclic) bond motifs is 3. The molecule has 0 amide bonds. The molecule has 0 unspecified atom stereocenters. The number of benzene rings is 1. The maximum Gasteiger partial charge on any atom is 0.0747 e. The fourth-order valence-corrected chi connectivity index (χ4v) is 4.90. The molecule has 0 radical (unpaired) electrons. The second kappa shape index (κ2) is 5.98. The maximum absolute atomic E-state index is 11.5. The highest BCUT2D eigenvalue weighted by Gasteiger charge is 2.54. The van der Waals surface area contributed by atoms with Gasteiger partial charge in [-0.2, -0.15) is 0 Å². The second-order valence-corrected chi connectivity index (χ2v) is 8.11. The maximum atomic E-state index is 11.5. The van der Waals surface area contributed by atoms with Crippen molar-refractivity contribution in [3.63, 3.8) is 0 Å². The summed E-state index contributed by atoms with van der Waals surface area (Å²) in [4.78, 5) is 2.20. The van der Waals surface area contributed by atoms with E-state index in [1.165, 1.54) is 17.5 Å². The van der Waals surface area contributed by atoms with Crippen LogP contribution in [0.5, 0.6) is 0 Å². The van der Waals surface area contributed by atoms with Gasteiger partial charge in [0.25, 0.3) is 0 Å². The molecule has 2 atom stereocenters. The zero-order valence-electron chi connectivity index (χ0n) is 13.5. The number of hydrogen-bond acceptors (Lipinski definition) is 2. The van der Waals surface area contributed by atoms with Crippen molar-refractivity contribution in [3.8, 4) is 0 Å². The fraction of sp³-hybridized carbons (Fsp3) is 0.667. The molecule has 0 heterocycles. The molecule has 1 fully saturated rings. The lowest BCUT2D eigenvalue weighted by Crippen LogP contribution is -2.57. The Morgan fingerprint density at radius 3 is 2.50 bits per heavy atom. The van der Waals surface area contributed by atoms with E-state index in [2.05, 4.69) is 19.0 Å². The van der Waals surface area contributed by atoms with Gasteiger partial charge in [0.05, 0.1) is 15.6 Å². The zero-order chi connectivity index (χ0) is 16.0. The van der Waals surface area contributed by atoms with Gasteiger partial charge < -0.3 is 10.0 Å². The number of hydrogen-bond donors (Lipinski definition) is 1. The number of nitrogens with zero attached hydrogens (tertiary/aromatic N) is 1. The first-order chi connectivity index (χ1) is 10.4. The molecular formula is C18H25Cl2NO. The van der Waals surface area contributed by atoms with Crippen LogP contribution in [0.3, 0.4) is 0 Å². The van der Waals surface area contributed by atoms with Crippen molar-refractivity contribution in [1.82, 2.24) is 4.90 Å². The minimum Gasteiger partial charge on any atom is -0.389 e. The third-order valence-electron chi connectivity index (χ3n) is 5.79. The molecule has 0 spiro atoms. The third-order valence-corrected chi connectivity index (χ3v) is 6.51. The Kier molecular flexibility index (Phi) is 4.50. The molecule has 1 N–H and O–H groups in total. The third kappa shape index (κ3) is 2.58. The summed E-state index contributed by atoms with van der Waals surface area (Å²) in [6.45, 7) is 0.974. The first-order valence-corrected chi connectivity index (χ1v) is 8.99. The Morgan fingerprint density at radius 1 is 1.09 bits per heavy atom. The Morgan fingerprint density at radius 2 is 1.77 bits per heavy atom. The summed E-state index contributed by atoms with van der Waals surface area (Å²) in [5, 5.41) is 12.7. The summed E-state index contributed by atoms with van der Waals surface area (Å²) >= 11 is 12.5. The molecule has 0 saturated heterocycles. The number of rotatable bonds is 3. The van der Waals surface area contributed by atoms with Gasteiger partial charge in [-0.15, -0.1) is 0 Å².